The molecule has 0 unspecified atom stereocenters. The fourth-order valence-electron chi connectivity index (χ4n) is 0.484. The molecule has 0 aliphatic rings. The van der Waals surface area contributed by atoms with Crippen molar-refractivity contribution in [1.29, 1.82) is 0 Å². The Hall–Kier alpha value is -0.920. The summed E-state index contributed by atoms with van der Waals surface area (Å²) in [5.74, 6) is 11.6. The molecule has 0 heterocycles. The van der Waals surface area contributed by atoms with Crippen LogP contribution in [0.15, 0.2) is 0 Å². The van der Waals surface area contributed by atoms with E-state index in [-0.39, 0.29) is 0 Å². The lowest BCUT2D eigenvalue weighted by molar-refractivity contribution is 0.425. The average molecular weight is 135 g/mol. The van der Waals surface area contributed by atoms with E-state index in [2.05, 4.69) is 28.6 Å². The molecule has 0 bridgehead atoms. The highest BCUT2D eigenvalue weighted by molar-refractivity contribution is 5.01. The Balaban J connectivity index is 3.46. The maximum absolute atomic E-state index is 2.97. The summed E-state index contributed by atoms with van der Waals surface area (Å²) in [6, 6.07) is 0. The molecule has 0 rings (SSSR count). The summed E-state index contributed by atoms with van der Waals surface area (Å²) in [5.41, 5.74) is 0. The van der Waals surface area contributed by atoms with Gasteiger partial charge >= 0.3 is 0 Å². The molecule has 0 spiro atoms. The Morgan fingerprint density at radius 2 is 1.40 bits per heavy atom. The quantitative estimate of drug-likeness (QED) is 0.510. The lowest BCUT2D eigenvalue weighted by Gasteiger charge is -2.06. The van der Waals surface area contributed by atoms with E-state index in [1.165, 1.54) is 0 Å². The largest absolute Gasteiger partial charge is 0.284 e. The second-order valence-electron chi connectivity index (χ2n) is 2.03. The number of nitrogens with zero attached hydrogens (tertiary/aromatic N) is 1. The second kappa shape index (κ2) is 6.20. The van der Waals surface area contributed by atoms with Gasteiger partial charge < -0.3 is 0 Å². The fourth-order valence-corrected chi connectivity index (χ4v) is 0.484. The molecule has 0 fully saturated rings. The SMILES string of the molecule is CC#CCN(C)CC#CC. The molecule has 0 aromatic rings. The molecule has 0 amide bonds. The Kier molecular flexibility index (Phi) is 5.63. The monoisotopic (exact) mass is 135 g/mol. The smallest absolute Gasteiger partial charge is 0.0606 e. The number of hydrogen-bond acceptors (Lipinski definition) is 1. The van der Waals surface area contributed by atoms with Crippen LogP contribution in [0.1, 0.15) is 13.8 Å². The van der Waals surface area contributed by atoms with Crippen LogP contribution in [0, 0.1) is 23.7 Å². The van der Waals surface area contributed by atoms with E-state index in [4.69, 9.17) is 0 Å². The summed E-state index contributed by atoms with van der Waals surface area (Å²) in [4.78, 5) is 2.08. The highest BCUT2D eigenvalue weighted by Crippen LogP contribution is 1.76. The van der Waals surface area contributed by atoms with Gasteiger partial charge in [-0.25, -0.2) is 0 Å². The molecule has 0 radical (unpaired) electrons. The van der Waals surface area contributed by atoms with Crippen molar-refractivity contribution >= 4 is 0 Å². The van der Waals surface area contributed by atoms with Gasteiger partial charge in [-0.2, -0.15) is 0 Å². The predicted octanol–water partition coefficient (Wildman–Crippen LogP) is 0.965. The summed E-state index contributed by atoms with van der Waals surface area (Å²) >= 11 is 0. The van der Waals surface area contributed by atoms with E-state index in [9.17, 15) is 0 Å². The molecule has 0 saturated heterocycles. The van der Waals surface area contributed by atoms with Crippen LogP contribution >= 0.6 is 0 Å². The van der Waals surface area contributed by atoms with Crippen LogP contribution in [-0.2, 0) is 0 Å². The van der Waals surface area contributed by atoms with Gasteiger partial charge in [-0.15, -0.1) is 11.8 Å². The third-order valence-electron chi connectivity index (χ3n) is 1.05. The Bertz CT molecular complexity index is 162. The summed E-state index contributed by atoms with van der Waals surface area (Å²) in [6.07, 6.45) is 0. The third-order valence-corrected chi connectivity index (χ3v) is 1.05. The number of hydrogen-bond donors (Lipinski definition) is 0. The second-order valence-corrected chi connectivity index (χ2v) is 2.03. The molecule has 0 N–H and O–H groups in total. The van der Waals surface area contributed by atoms with Crippen LogP contribution in [-0.4, -0.2) is 25.0 Å². The van der Waals surface area contributed by atoms with Gasteiger partial charge in [-0.3, -0.25) is 4.90 Å². The Labute approximate surface area is 63.4 Å². The summed E-state index contributed by atoms with van der Waals surface area (Å²) in [6.45, 7) is 5.31. The molecule has 1 nitrogen and oxygen atoms in total. The molecule has 0 aromatic carbocycles. The third kappa shape index (κ3) is 5.22. The minimum Gasteiger partial charge on any atom is -0.284 e. The highest BCUT2D eigenvalue weighted by atomic mass is 15.1. The van der Waals surface area contributed by atoms with E-state index in [1.54, 1.807) is 0 Å². The van der Waals surface area contributed by atoms with Gasteiger partial charge in [0.05, 0.1) is 13.1 Å². The van der Waals surface area contributed by atoms with Gasteiger partial charge in [0.25, 0.3) is 0 Å². The minimum absolute atomic E-state index is 0.811. The topological polar surface area (TPSA) is 3.24 Å². The zero-order chi connectivity index (χ0) is 7.82. The van der Waals surface area contributed by atoms with E-state index in [0.29, 0.717) is 0 Å². The van der Waals surface area contributed by atoms with E-state index >= 15 is 0 Å². The van der Waals surface area contributed by atoms with Crippen molar-refractivity contribution in [1.82, 2.24) is 4.90 Å². The van der Waals surface area contributed by atoms with Crippen LogP contribution in [0.2, 0.25) is 0 Å². The first-order chi connectivity index (χ1) is 4.81. The summed E-state index contributed by atoms with van der Waals surface area (Å²) in [5, 5.41) is 0. The molecule has 0 atom stereocenters. The maximum Gasteiger partial charge on any atom is 0.0606 e. The minimum atomic E-state index is 0.811. The molecule has 0 aliphatic heterocycles. The molecule has 10 heavy (non-hydrogen) atoms. The molecule has 0 aromatic heterocycles. The van der Waals surface area contributed by atoms with Crippen LogP contribution in [0.5, 0.6) is 0 Å². The Morgan fingerprint density at radius 3 is 1.70 bits per heavy atom. The van der Waals surface area contributed by atoms with Crippen LogP contribution in [0.4, 0.5) is 0 Å². The van der Waals surface area contributed by atoms with E-state index in [0.717, 1.165) is 13.1 Å². The van der Waals surface area contributed by atoms with Crippen molar-refractivity contribution in [3.05, 3.63) is 0 Å². The van der Waals surface area contributed by atoms with Gasteiger partial charge in [0.15, 0.2) is 0 Å². The van der Waals surface area contributed by atoms with Crippen molar-refractivity contribution in [2.24, 2.45) is 0 Å². The van der Waals surface area contributed by atoms with E-state index < -0.39 is 0 Å². The van der Waals surface area contributed by atoms with Crippen molar-refractivity contribution in [2.75, 3.05) is 20.1 Å². The maximum atomic E-state index is 2.97. The van der Waals surface area contributed by atoms with Crippen molar-refractivity contribution in [2.45, 2.75) is 13.8 Å². The normalized spacial score (nSPS) is 7.60. The molecule has 1 heteroatoms. The van der Waals surface area contributed by atoms with Crippen LogP contribution in [0.3, 0.4) is 0 Å². The zero-order valence-electron chi connectivity index (χ0n) is 6.86. The average Bonchev–Trinajstić information content (AvgIpc) is 1.97. The Morgan fingerprint density at radius 1 is 1.00 bits per heavy atom. The van der Waals surface area contributed by atoms with Crippen molar-refractivity contribution in [3.63, 3.8) is 0 Å². The van der Waals surface area contributed by atoms with Crippen molar-refractivity contribution < 1.29 is 0 Å². The molecular weight excluding hydrogens is 122 g/mol. The van der Waals surface area contributed by atoms with Crippen LogP contribution in [0.25, 0.3) is 0 Å². The first-order valence-electron chi connectivity index (χ1n) is 3.29. The molecule has 0 aliphatic carbocycles. The lowest BCUT2D eigenvalue weighted by atomic mass is 10.5. The highest BCUT2D eigenvalue weighted by Gasteiger charge is 1.87. The molecule has 0 saturated carbocycles. The standard InChI is InChI=1S/C9H13N/c1-4-6-8-10(3)9-7-5-2/h8-9H2,1-3H3. The summed E-state index contributed by atoms with van der Waals surface area (Å²) < 4.78 is 0. The van der Waals surface area contributed by atoms with Gasteiger partial charge in [0.2, 0.25) is 0 Å². The first-order valence-corrected chi connectivity index (χ1v) is 3.29. The number of rotatable bonds is 2. The van der Waals surface area contributed by atoms with Gasteiger partial charge in [0.1, 0.15) is 0 Å². The molecular formula is C9H13N. The van der Waals surface area contributed by atoms with Gasteiger partial charge in [-0.1, -0.05) is 11.8 Å². The van der Waals surface area contributed by atoms with Crippen molar-refractivity contribution in [3.8, 4) is 23.7 Å². The lowest BCUT2D eigenvalue weighted by Crippen LogP contribution is -2.18. The van der Waals surface area contributed by atoms with Crippen LogP contribution < -0.4 is 0 Å². The van der Waals surface area contributed by atoms with Gasteiger partial charge in [-0.05, 0) is 20.9 Å². The van der Waals surface area contributed by atoms with Gasteiger partial charge in [0, 0.05) is 0 Å². The predicted molar refractivity (Wildman–Crippen MR) is 44.4 cm³/mol. The first kappa shape index (κ1) is 9.08. The van der Waals surface area contributed by atoms with E-state index in [1.807, 2.05) is 20.9 Å². The zero-order valence-corrected chi connectivity index (χ0v) is 6.86. The summed E-state index contributed by atoms with van der Waals surface area (Å²) in [7, 11) is 2.01. The fraction of sp³-hybridized carbons (Fsp3) is 0.556. The molecule has 54 valence electrons.